The van der Waals surface area contributed by atoms with Crippen molar-refractivity contribution in [3.05, 3.63) is 12.3 Å². The van der Waals surface area contributed by atoms with Crippen LogP contribution in [0.3, 0.4) is 0 Å². The number of halogens is 1. The third-order valence-corrected chi connectivity index (χ3v) is 7.17. The van der Waals surface area contributed by atoms with Crippen LogP contribution in [-0.2, 0) is 8.85 Å². The average Bonchev–Trinajstić information content (AvgIpc) is 2.20. The normalized spacial score (nSPS) is 11.6. The van der Waals surface area contributed by atoms with Gasteiger partial charge in [-0.3, -0.25) is 0 Å². The third-order valence-electron chi connectivity index (χ3n) is 1.60. The molecule has 0 aliphatic carbocycles. The molecule has 0 saturated carbocycles. The fourth-order valence-electron chi connectivity index (χ4n) is 0.841. The highest BCUT2D eigenvalue weighted by molar-refractivity contribution is 14.1. The zero-order chi connectivity index (χ0) is 10.2. The van der Waals surface area contributed by atoms with Crippen molar-refractivity contribution in [2.45, 2.75) is 26.7 Å². The molecule has 78 valence electrons. The molecule has 13 heavy (non-hydrogen) atoms. The molecular formula is C9H19IO2Si. The van der Waals surface area contributed by atoms with Gasteiger partial charge in [0.1, 0.15) is 0 Å². The van der Waals surface area contributed by atoms with Crippen LogP contribution in [0.25, 0.3) is 0 Å². The van der Waals surface area contributed by atoms with Gasteiger partial charge in [-0.25, -0.2) is 0 Å². The molecule has 0 aromatic carbocycles. The van der Waals surface area contributed by atoms with Crippen molar-refractivity contribution in [2.75, 3.05) is 17.3 Å². The summed E-state index contributed by atoms with van der Waals surface area (Å²) in [4.78, 5) is 0. The number of hydrogen-bond acceptors (Lipinski definition) is 2. The maximum Gasteiger partial charge on any atom is 0.374 e. The molecule has 0 N–H and O–H groups in total. The highest BCUT2D eigenvalue weighted by Crippen LogP contribution is 2.13. The Bertz CT molecular complexity index is 134. The minimum absolute atomic E-state index is 0.783. The smallest absolute Gasteiger partial charge is 0.374 e. The van der Waals surface area contributed by atoms with Crippen molar-refractivity contribution in [2.24, 2.45) is 0 Å². The van der Waals surface area contributed by atoms with Crippen LogP contribution < -0.4 is 0 Å². The van der Waals surface area contributed by atoms with E-state index in [1.165, 1.54) is 0 Å². The van der Waals surface area contributed by atoms with E-state index in [1.807, 2.05) is 5.70 Å². The summed E-state index contributed by atoms with van der Waals surface area (Å²) in [6, 6.07) is 0. The SMILES string of the molecule is C=C[Si](CI)(OCCC)OCCC. The van der Waals surface area contributed by atoms with Crippen LogP contribution in [0.15, 0.2) is 12.3 Å². The van der Waals surface area contributed by atoms with E-state index in [0.29, 0.717) is 0 Å². The number of alkyl halides is 1. The molecule has 0 aromatic rings. The number of rotatable bonds is 8. The van der Waals surface area contributed by atoms with Crippen molar-refractivity contribution >= 4 is 31.2 Å². The van der Waals surface area contributed by atoms with Gasteiger partial charge in [-0.05, 0) is 18.5 Å². The summed E-state index contributed by atoms with van der Waals surface area (Å²) in [7, 11) is -2.03. The molecule has 0 aliphatic rings. The molecular weight excluding hydrogens is 295 g/mol. The van der Waals surface area contributed by atoms with E-state index in [0.717, 1.165) is 30.1 Å². The van der Waals surface area contributed by atoms with Crippen LogP contribution in [0, 0.1) is 0 Å². The third kappa shape index (κ3) is 5.14. The predicted molar refractivity (Wildman–Crippen MR) is 67.3 cm³/mol. The minimum atomic E-state index is -2.03. The van der Waals surface area contributed by atoms with Gasteiger partial charge in [-0.15, -0.1) is 6.58 Å². The van der Waals surface area contributed by atoms with E-state index < -0.39 is 8.56 Å². The van der Waals surface area contributed by atoms with Crippen molar-refractivity contribution in [3.63, 3.8) is 0 Å². The standard InChI is InChI=1S/C9H19IO2Si/c1-4-7-11-13(6-3,9-10)12-8-5-2/h6H,3-5,7-9H2,1-2H3. The lowest BCUT2D eigenvalue weighted by atomic mass is 10.5. The van der Waals surface area contributed by atoms with Crippen LogP contribution in [0.1, 0.15) is 26.7 Å². The Morgan fingerprint density at radius 1 is 1.23 bits per heavy atom. The zero-order valence-corrected chi connectivity index (χ0v) is 11.7. The van der Waals surface area contributed by atoms with Crippen molar-refractivity contribution in [1.82, 2.24) is 0 Å². The number of hydrogen-bond donors (Lipinski definition) is 0. The van der Waals surface area contributed by atoms with E-state index in [-0.39, 0.29) is 0 Å². The second-order valence-corrected chi connectivity index (χ2v) is 8.01. The van der Waals surface area contributed by atoms with Gasteiger partial charge in [0.05, 0.1) is 0 Å². The first-order valence-electron chi connectivity index (χ1n) is 4.72. The molecule has 0 heterocycles. The Morgan fingerprint density at radius 3 is 1.92 bits per heavy atom. The Balaban J connectivity index is 4.04. The summed E-state index contributed by atoms with van der Waals surface area (Å²) >= 11 is 2.32. The Kier molecular flexibility index (Phi) is 8.33. The molecule has 0 unspecified atom stereocenters. The molecule has 0 fully saturated rings. The molecule has 4 heteroatoms. The van der Waals surface area contributed by atoms with Gasteiger partial charge < -0.3 is 8.85 Å². The van der Waals surface area contributed by atoms with Crippen LogP contribution >= 0.6 is 22.6 Å². The monoisotopic (exact) mass is 314 g/mol. The second-order valence-electron chi connectivity index (χ2n) is 2.85. The molecule has 0 amide bonds. The van der Waals surface area contributed by atoms with Crippen molar-refractivity contribution in [1.29, 1.82) is 0 Å². The largest absolute Gasteiger partial charge is 0.391 e. The summed E-state index contributed by atoms with van der Waals surface area (Å²) in [5.74, 6) is 0. The van der Waals surface area contributed by atoms with Crippen LogP contribution in [0.5, 0.6) is 0 Å². The summed E-state index contributed by atoms with van der Waals surface area (Å²) in [5, 5.41) is 0. The molecule has 2 nitrogen and oxygen atoms in total. The van der Waals surface area contributed by atoms with Gasteiger partial charge >= 0.3 is 8.56 Å². The molecule has 0 radical (unpaired) electrons. The van der Waals surface area contributed by atoms with Gasteiger partial charge in [0, 0.05) is 17.3 Å². The summed E-state index contributed by atoms with van der Waals surface area (Å²) < 4.78 is 12.5. The quantitative estimate of drug-likeness (QED) is 0.390. The molecule has 0 rings (SSSR count). The Morgan fingerprint density at radius 2 is 1.69 bits per heavy atom. The summed E-state index contributed by atoms with van der Waals surface area (Å²) in [5.41, 5.74) is 1.89. The maximum absolute atomic E-state index is 5.77. The first kappa shape index (κ1) is 13.6. The first-order valence-corrected chi connectivity index (χ1v) is 8.34. The zero-order valence-electron chi connectivity index (χ0n) is 8.51. The second kappa shape index (κ2) is 7.96. The molecule has 0 saturated heterocycles. The van der Waals surface area contributed by atoms with Gasteiger partial charge in [0.2, 0.25) is 0 Å². The fourth-order valence-corrected chi connectivity index (χ4v) is 4.78. The molecule has 0 spiro atoms. The van der Waals surface area contributed by atoms with E-state index >= 15 is 0 Å². The molecule has 0 aromatic heterocycles. The summed E-state index contributed by atoms with van der Waals surface area (Å²) in [6.07, 6.45) is 2.07. The Labute approximate surface area is 96.1 Å². The van der Waals surface area contributed by atoms with E-state index in [1.54, 1.807) is 0 Å². The maximum atomic E-state index is 5.77. The lowest BCUT2D eigenvalue weighted by Gasteiger charge is -2.25. The van der Waals surface area contributed by atoms with Crippen LogP contribution in [-0.4, -0.2) is 25.8 Å². The highest BCUT2D eigenvalue weighted by Gasteiger charge is 2.32. The molecule has 0 aliphatic heterocycles. The van der Waals surface area contributed by atoms with E-state index in [2.05, 4.69) is 43.0 Å². The van der Waals surface area contributed by atoms with Gasteiger partial charge in [0.15, 0.2) is 0 Å². The van der Waals surface area contributed by atoms with E-state index in [9.17, 15) is 0 Å². The van der Waals surface area contributed by atoms with Gasteiger partial charge in [-0.2, -0.15) is 0 Å². The lowest BCUT2D eigenvalue weighted by molar-refractivity contribution is 0.184. The lowest BCUT2D eigenvalue weighted by Crippen LogP contribution is -2.43. The fraction of sp³-hybridized carbons (Fsp3) is 0.778. The van der Waals surface area contributed by atoms with Crippen LogP contribution in [0.2, 0.25) is 0 Å². The van der Waals surface area contributed by atoms with Crippen molar-refractivity contribution < 1.29 is 8.85 Å². The molecule has 0 atom stereocenters. The predicted octanol–water partition coefficient (Wildman–Crippen LogP) is 2.98. The van der Waals surface area contributed by atoms with Crippen LogP contribution in [0.4, 0.5) is 0 Å². The first-order chi connectivity index (χ1) is 6.24. The Hall–Kier alpha value is 0.607. The topological polar surface area (TPSA) is 18.5 Å². The average molecular weight is 314 g/mol. The van der Waals surface area contributed by atoms with E-state index in [4.69, 9.17) is 8.85 Å². The minimum Gasteiger partial charge on any atom is -0.391 e. The van der Waals surface area contributed by atoms with Gasteiger partial charge in [-0.1, -0.05) is 36.4 Å². The molecule has 0 bridgehead atoms. The van der Waals surface area contributed by atoms with Crippen molar-refractivity contribution in [3.8, 4) is 0 Å². The summed E-state index contributed by atoms with van der Waals surface area (Å²) in [6.45, 7) is 9.59. The van der Waals surface area contributed by atoms with Gasteiger partial charge in [0.25, 0.3) is 0 Å². The highest BCUT2D eigenvalue weighted by atomic mass is 127.